The molecule has 0 radical (unpaired) electrons. The molecule has 15 heavy (non-hydrogen) atoms. The standard InChI is InChI=1S/C12H18BrNO/c1-10(9-14-7-8-15-2)11-3-5-12(13)6-4-11/h3-6,10,14H,7-9H2,1-2H3. The molecule has 1 aromatic rings. The highest BCUT2D eigenvalue weighted by molar-refractivity contribution is 9.10. The summed E-state index contributed by atoms with van der Waals surface area (Å²) in [6.07, 6.45) is 0. The van der Waals surface area contributed by atoms with Crippen molar-refractivity contribution >= 4 is 15.9 Å². The Morgan fingerprint density at radius 3 is 2.60 bits per heavy atom. The van der Waals surface area contributed by atoms with Gasteiger partial charge in [0.05, 0.1) is 6.61 Å². The smallest absolute Gasteiger partial charge is 0.0587 e. The summed E-state index contributed by atoms with van der Waals surface area (Å²) < 4.78 is 6.11. The van der Waals surface area contributed by atoms with E-state index in [4.69, 9.17) is 4.74 Å². The molecule has 0 fully saturated rings. The molecule has 1 N–H and O–H groups in total. The van der Waals surface area contributed by atoms with Gasteiger partial charge < -0.3 is 10.1 Å². The van der Waals surface area contributed by atoms with Gasteiger partial charge in [0, 0.05) is 24.7 Å². The molecule has 0 bridgehead atoms. The van der Waals surface area contributed by atoms with Gasteiger partial charge in [-0.1, -0.05) is 35.0 Å². The third kappa shape index (κ3) is 4.78. The highest BCUT2D eigenvalue weighted by Gasteiger charge is 2.03. The van der Waals surface area contributed by atoms with Crippen LogP contribution in [0.15, 0.2) is 28.7 Å². The molecule has 84 valence electrons. The van der Waals surface area contributed by atoms with Crippen molar-refractivity contribution in [2.75, 3.05) is 26.8 Å². The lowest BCUT2D eigenvalue weighted by molar-refractivity contribution is 0.199. The van der Waals surface area contributed by atoms with Gasteiger partial charge in [0.1, 0.15) is 0 Å². The molecule has 0 saturated carbocycles. The monoisotopic (exact) mass is 271 g/mol. The maximum atomic E-state index is 4.98. The van der Waals surface area contributed by atoms with Gasteiger partial charge in [-0.25, -0.2) is 0 Å². The fraction of sp³-hybridized carbons (Fsp3) is 0.500. The Bertz CT molecular complexity index is 273. The second-order valence-electron chi connectivity index (χ2n) is 3.65. The van der Waals surface area contributed by atoms with E-state index in [1.165, 1.54) is 5.56 Å². The van der Waals surface area contributed by atoms with Crippen molar-refractivity contribution in [3.8, 4) is 0 Å². The van der Waals surface area contributed by atoms with Gasteiger partial charge in [-0.15, -0.1) is 0 Å². The van der Waals surface area contributed by atoms with Crippen LogP contribution in [0.1, 0.15) is 18.4 Å². The molecule has 1 atom stereocenters. The van der Waals surface area contributed by atoms with E-state index in [-0.39, 0.29) is 0 Å². The van der Waals surface area contributed by atoms with Crippen molar-refractivity contribution < 1.29 is 4.74 Å². The highest BCUT2D eigenvalue weighted by atomic mass is 79.9. The van der Waals surface area contributed by atoms with Gasteiger partial charge in [0.2, 0.25) is 0 Å². The van der Waals surface area contributed by atoms with Crippen LogP contribution in [-0.4, -0.2) is 26.8 Å². The quantitative estimate of drug-likeness (QED) is 0.804. The van der Waals surface area contributed by atoms with Gasteiger partial charge in [0.25, 0.3) is 0 Å². The van der Waals surface area contributed by atoms with Crippen LogP contribution in [0.5, 0.6) is 0 Å². The first kappa shape index (κ1) is 12.7. The maximum absolute atomic E-state index is 4.98. The molecule has 1 aromatic carbocycles. The van der Waals surface area contributed by atoms with Crippen molar-refractivity contribution in [2.45, 2.75) is 12.8 Å². The third-order valence-electron chi connectivity index (χ3n) is 2.37. The maximum Gasteiger partial charge on any atom is 0.0587 e. The zero-order chi connectivity index (χ0) is 11.1. The second-order valence-corrected chi connectivity index (χ2v) is 4.57. The van der Waals surface area contributed by atoms with E-state index in [2.05, 4.69) is 52.4 Å². The normalized spacial score (nSPS) is 12.7. The number of rotatable bonds is 6. The molecule has 0 spiro atoms. The summed E-state index contributed by atoms with van der Waals surface area (Å²) in [4.78, 5) is 0. The topological polar surface area (TPSA) is 21.3 Å². The first-order chi connectivity index (χ1) is 7.24. The summed E-state index contributed by atoms with van der Waals surface area (Å²) in [5.41, 5.74) is 1.36. The lowest BCUT2D eigenvalue weighted by Gasteiger charge is -2.12. The van der Waals surface area contributed by atoms with Gasteiger partial charge in [-0.05, 0) is 23.6 Å². The van der Waals surface area contributed by atoms with Crippen LogP contribution in [0.3, 0.4) is 0 Å². The fourth-order valence-corrected chi connectivity index (χ4v) is 1.67. The average molecular weight is 272 g/mol. The molecule has 1 rings (SSSR count). The lowest BCUT2D eigenvalue weighted by atomic mass is 10.0. The predicted octanol–water partition coefficient (Wildman–Crippen LogP) is 2.79. The molecular formula is C12H18BrNO. The van der Waals surface area contributed by atoms with Crippen LogP contribution in [0.4, 0.5) is 0 Å². The summed E-state index contributed by atoms with van der Waals surface area (Å²) >= 11 is 3.44. The molecule has 0 amide bonds. The fourth-order valence-electron chi connectivity index (χ4n) is 1.40. The molecule has 2 nitrogen and oxygen atoms in total. The Hall–Kier alpha value is -0.380. The van der Waals surface area contributed by atoms with Gasteiger partial charge >= 0.3 is 0 Å². The predicted molar refractivity (Wildman–Crippen MR) is 67.3 cm³/mol. The van der Waals surface area contributed by atoms with E-state index in [0.717, 1.165) is 24.2 Å². The van der Waals surface area contributed by atoms with Crippen LogP contribution in [0.25, 0.3) is 0 Å². The Morgan fingerprint density at radius 2 is 2.00 bits per heavy atom. The lowest BCUT2D eigenvalue weighted by Crippen LogP contribution is -2.23. The zero-order valence-electron chi connectivity index (χ0n) is 9.29. The van der Waals surface area contributed by atoms with Crippen LogP contribution in [0.2, 0.25) is 0 Å². The number of hydrogen-bond donors (Lipinski definition) is 1. The van der Waals surface area contributed by atoms with Gasteiger partial charge in [0.15, 0.2) is 0 Å². The molecule has 0 aliphatic heterocycles. The summed E-state index contributed by atoms with van der Waals surface area (Å²) in [6, 6.07) is 8.49. The Morgan fingerprint density at radius 1 is 1.33 bits per heavy atom. The Balaban J connectivity index is 2.33. The van der Waals surface area contributed by atoms with Crippen LogP contribution >= 0.6 is 15.9 Å². The van der Waals surface area contributed by atoms with Crippen molar-refractivity contribution in [3.05, 3.63) is 34.3 Å². The van der Waals surface area contributed by atoms with E-state index in [9.17, 15) is 0 Å². The van der Waals surface area contributed by atoms with E-state index in [1.54, 1.807) is 7.11 Å². The molecule has 0 saturated heterocycles. The number of benzene rings is 1. The number of ether oxygens (including phenoxy) is 1. The van der Waals surface area contributed by atoms with Crippen molar-refractivity contribution in [3.63, 3.8) is 0 Å². The van der Waals surface area contributed by atoms with Crippen LogP contribution in [0, 0.1) is 0 Å². The molecule has 3 heteroatoms. The second kappa shape index (κ2) is 6.99. The molecule has 1 unspecified atom stereocenters. The number of nitrogens with one attached hydrogen (secondary N) is 1. The number of halogens is 1. The first-order valence-electron chi connectivity index (χ1n) is 5.19. The van der Waals surface area contributed by atoms with Crippen LogP contribution in [-0.2, 0) is 4.74 Å². The molecule has 0 heterocycles. The van der Waals surface area contributed by atoms with E-state index >= 15 is 0 Å². The summed E-state index contributed by atoms with van der Waals surface area (Å²) in [6.45, 7) is 4.90. The Labute approximate surface area is 100 Å². The first-order valence-corrected chi connectivity index (χ1v) is 5.98. The third-order valence-corrected chi connectivity index (χ3v) is 2.90. The van der Waals surface area contributed by atoms with Gasteiger partial charge in [-0.2, -0.15) is 0 Å². The minimum atomic E-state index is 0.537. The van der Waals surface area contributed by atoms with Gasteiger partial charge in [-0.3, -0.25) is 0 Å². The SMILES string of the molecule is COCCNCC(C)c1ccc(Br)cc1. The van der Waals surface area contributed by atoms with E-state index in [0.29, 0.717) is 5.92 Å². The minimum absolute atomic E-state index is 0.537. The van der Waals surface area contributed by atoms with Crippen molar-refractivity contribution in [1.82, 2.24) is 5.32 Å². The summed E-state index contributed by atoms with van der Waals surface area (Å²) in [7, 11) is 1.72. The molecule has 0 aliphatic carbocycles. The van der Waals surface area contributed by atoms with E-state index in [1.807, 2.05) is 0 Å². The molecule has 0 aliphatic rings. The highest BCUT2D eigenvalue weighted by Crippen LogP contribution is 2.17. The average Bonchev–Trinajstić information content (AvgIpc) is 2.25. The number of hydrogen-bond acceptors (Lipinski definition) is 2. The Kier molecular flexibility index (Phi) is 5.91. The van der Waals surface area contributed by atoms with E-state index < -0.39 is 0 Å². The largest absolute Gasteiger partial charge is 0.383 e. The minimum Gasteiger partial charge on any atom is -0.383 e. The van der Waals surface area contributed by atoms with Crippen LogP contribution < -0.4 is 5.32 Å². The molecule has 0 aromatic heterocycles. The number of methoxy groups -OCH3 is 1. The molecular weight excluding hydrogens is 254 g/mol. The van der Waals surface area contributed by atoms with Crippen molar-refractivity contribution in [1.29, 1.82) is 0 Å². The summed E-state index contributed by atoms with van der Waals surface area (Å²) in [5, 5.41) is 3.36. The van der Waals surface area contributed by atoms with Crippen molar-refractivity contribution in [2.24, 2.45) is 0 Å². The zero-order valence-corrected chi connectivity index (χ0v) is 10.9. The summed E-state index contributed by atoms with van der Waals surface area (Å²) in [5.74, 6) is 0.537.